The zero-order chi connectivity index (χ0) is 18.7. The van der Waals surface area contributed by atoms with Gasteiger partial charge in [-0.15, -0.1) is 0 Å². The molecule has 1 atom stereocenters. The highest BCUT2D eigenvalue weighted by molar-refractivity contribution is 6.44. The number of anilines is 1. The Bertz CT molecular complexity index is 787. The highest BCUT2D eigenvalue weighted by Gasteiger charge is 2.29. The molecule has 26 heavy (non-hydrogen) atoms. The molecule has 0 bridgehead atoms. The molecule has 138 valence electrons. The quantitative estimate of drug-likeness (QED) is 0.861. The SMILES string of the molecule is C[C@H](C(=O)Nc1cccc(Cl)c1Cl)N1CCN(C(=O)c2ccco2)CC1. The van der Waals surface area contributed by atoms with Crippen LogP contribution in [0.3, 0.4) is 0 Å². The fourth-order valence-electron chi connectivity index (χ4n) is 2.87. The first-order chi connectivity index (χ1) is 12.5. The third kappa shape index (κ3) is 4.03. The van der Waals surface area contributed by atoms with Crippen LogP contribution < -0.4 is 5.32 Å². The number of nitrogens with zero attached hydrogens (tertiary/aromatic N) is 2. The predicted molar refractivity (Wildman–Crippen MR) is 101 cm³/mol. The molecule has 0 unspecified atom stereocenters. The molecule has 2 aromatic rings. The van der Waals surface area contributed by atoms with Gasteiger partial charge in [-0.1, -0.05) is 29.3 Å². The summed E-state index contributed by atoms with van der Waals surface area (Å²) in [5.74, 6) is 0.0391. The van der Waals surface area contributed by atoms with Gasteiger partial charge >= 0.3 is 0 Å². The van der Waals surface area contributed by atoms with E-state index in [0.717, 1.165) is 0 Å². The van der Waals surface area contributed by atoms with Gasteiger partial charge in [-0.25, -0.2) is 0 Å². The van der Waals surface area contributed by atoms with Crippen molar-refractivity contribution in [2.24, 2.45) is 0 Å². The molecule has 0 spiro atoms. The van der Waals surface area contributed by atoms with Crippen LogP contribution in [0.5, 0.6) is 0 Å². The predicted octanol–water partition coefficient (Wildman–Crippen LogP) is 3.37. The van der Waals surface area contributed by atoms with Crippen LogP contribution in [-0.2, 0) is 4.79 Å². The van der Waals surface area contributed by atoms with Crippen molar-refractivity contribution >= 4 is 40.7 Å². The molecule has 2 amide bonds. The number of furan rings is 1. The van der Waals surface area contributed by atoms with Crippen molar-refractivity contribution in [3.63, 3.8) is 0 Å². The van der Waals surface area contributed by atoms with E-state index in [1.807, 2.05) is 11.8 Å². The molecule has 3 rings (SSSR count). The number of amides is 2. The van der Waals surface area contributed by atoms with E-state index in [-0.39, 0.29) is 17.9 Å². The lowest BCUT2D eigenvalue weighted by molar-refractivity contribution is -0.121. The number of rotatable bonds is 4. The fourth-order valence-corrected chi connectivity index (χ4v) is 3.22. The van der Waals surface area contributed by atoms with E-state index in [2.05, 4.69) is 5.32 Å². The topological polar surface area (TPSA) is 65.8 Å². The van der Waals surface area contributed by atoms with Crippen LogP contribution in [0.25, 0.3) is 0 Å². The van der Waals surface area contributed by atoms with Crippen LogP contribution in [0.2, 0.25) is 10.0 Å². The van der Waals surface area contributed by atoms with Crippen molar-refractivity contribution < 1.29 is 14.0 Å². The third-order valence-electron chi connectivity index (χ3n) is 4.47. The summed E-state index contributed by atoms with van der Waals surface area (Å²) in [5.41, 5.74) is 0.489. The van der Waals surface area contributed by atoms with Gasteiger partial charge in [0.05, 0.1) is 28.0 Å². The minimum atomic E-state index is -0.356. The first-order valence-electron chi connectivity index (χ1n) is 8.29. The lowest BCUT2D eigenvalue weighted by Gasteiger charge is -2.37. The Kier molecular flexibility index (Phi) is 5.86. The molecule has 0 aliphatic carbocycles. The number of benzene rings is 1. The molecule has 1 N–H and O–H groups in total. The van der Waals surface area contributed by atoms with Crippen molar-refractivity contribution in [3.8, 4) is 0 Å². The van der Waals surface area contributed by atoms with Gasteiger partial charge in [-0.3, -0.25) is 14.5 Å². The molecule has 1 aliphatic rings. The average Bonchev–Trinajstić information content (AvgIpc) is 3.19. The average molecular weight is 396 g/mol. The lowest BCUT2D eigenvalue weighted by Crippen LogP contribution is -2.54. The summed E-state index contributed by atoms with van der Waals surface area (Å²) in [6, 6.07) is 8.09. The summed E-state index contributed by atoms with van der Waals surface area (Å²) >= 11 is 12.1. The van der Waals surface area contributed by atoms with Gasteiger partial charge < -0.3 is 14.6 Å². The Morgan fingerprint density at radius 2 is 1.85 bits per heavy atom. The molecule has 2 heterocycles. The monoisotopic (exact) mass is 395 g/mol. The number of piperazine rings is 1. The second kappa shape index (κ2) is 8.12. The molecule has 0 saturated carbocycles. The molecule has 1 aliphatic heterocycles. The second-order valence-electron chi connectivity index (χ2n) is 6.07. The minimum Gasteiger partial charge on any atom is -0.459 e. The van der Waals surface area contributed by atoms with Gasteiger partial charge in [-0.05, 0) is 31.2 Å². The minimum absolute atomic E-state index is 0.127. The maximum absolute atomic E-state index is 12.5. The number of carbonyl (C=O) groups is 2. The molecule has 8 heteroatoms. The standard InChI is InChI=1S/C18H19Cl2N3O3/c1-12(17(24)21-14-5-2-4-13(19)16(14)20)22-7-9-23(10-8-22)18(25)15-6-3-11-26-15/h2-6,11-12H,7-10H2,1H3,(H,21,24)/t12-/m1/s1. The lowest BCUT2D eigenvalue weighted by atomic mass is 10.2. The van der Waals surface area contributed by atoms with Gasteiger partial charge in [0.2, 0.25) is 5.91 Å². The normalized spacial score (nSPS) is 16.3. The number of halogens is 2. The van der Waals surface area contributed by atoms with E-state index in [1.54, 1.807) is 35.2 Å². The molecule has 1 aromatic carbocycles. The van der Waals surface area contributed by atoms with Crippen molar-refractivity contribution in [2.45, 2.75) is 13.0 Å². The van der Waals surface area contributed by atoms with Gasteiger partial charge in [-0.2, -0.15) is 0 Å². The summed E-state index contributed by atoms with van der Waals surface area (Å²) < 4.78 is 5.16. The first kappa shape index (κ1) is 18.8. The van der Waals surface area contributed by atoms with Crippen LogP contribution in [0.1, 0.15) is 17.5 Å². The van der Waals surface area contributed by atoms with E-state index in [0.29, 0.717) is 47.7 Å². The Morgan fingerprint density at radius 3 is 2.50 bits per heavy atom. The van der Waals surface area contributed by atoms with Crippen LogP contribution in [0, 0.1) is 0 Å². The third-order valence-corrected chi connectivity index (χ3v) is 5.29. The zero-order valence-corrected chi connectivity index (χ0v) is 15.8. The van der Waals surface area contributed by atoms with E-state index in [4.69, 9.17) is 27.6 Å². The maximum atomic E-state index is 12.5. The van der Waals surface area contributed by atoms with E-state index < -0.39 is 0 Å². The number of nitrogens with one attached hydrogen (secondary N) is 1. The van der Waals surface area contributed by atoms with Gasteiger partial charge in [0, 0.05) is 26.2 Å². The molecule has 6 nitrogen and oxygen atoms in total. The molecule has 0 radical (unpaired) electrons. The molecule has 1 saturated heterocycles. The zero-order valence-electron chi connectivity index (χ0n) is 14.2. The van der Waals surface area contributed by atoms with Crippen molar-refractivity contribution in [3.05, 3.63) is 52.4 Å². The van der Waals surface area contributed by atoms with Crippen molar-refractivity contribution in [1.82, 2.24) is 9.80 Å². The van der Waals surface area contributed by atoms with Crippen LogP contribution in [-0.4, -0.2) is 53.8 Å². The van der Waals surface area contributed by atoms with Crippen LogP contribution in [0.15, 0.2) is 41.0 Å². The summed E-state index contributed by atoms with van der Waals surface area (Å²) in [5, 5.41) is 3.53. The largest absolute Gasteiger partial charge is 0.459 e. The van der Waals surface area contributed by atoms with Crippen LogP contribution >= 0.6 is 23.2 Å². The summed E-state index contributed by atoms with van der Waals surface area (Å²) in [4.78, 5) is 28.6. The number of carbonyl (C=O) groups excluding carboxylic acids is 2. The fraction of sp³-hybridized carbons (Fsp3) is 0.333. The number of hydrogen-bond donors (Lipinski definition) is 1. The van der Waals surface area contributed by atoms with Gasteiger partial charge in [0.1, 0.15) is 0 Å². The highest BCUT2D eigenvalue weighted by atomic mass is 35.5. The van der Waals surface area contributed by atoms with Gasteiger partial charge in [0.25, 0.3) is 5.91 Å². The van der Waals surface area contributed by atoms with Crippen molar-refractivity contribution in [2.75, 3.05) is 31.5 Å². The Labute approximate surface area is 161 Å². The highest BCUT2D eigenvalue weighted by Crippen LogP contribution is 2.29. The smallest absolute Gasteiger partial charge is 0.289 e. The Hall–Kier alpha value is -2.02. The Morgan fingerprint density at radius 1 is 1.12 bits per heavy atom. The second-order valence-corrected chi connectivity index (χ2v) is 6.86. The Balaban J connectivity index is 1.56. The molecular weight excluding hydrogens is 377 g/mol. The molecular formula is C18H19Cl2N3O3. The summed E-state index contributed by atoms with van der Waals surface area (Å²) in [7, 11) is 0. The van der Waals surface area contributed by atoms with Crippen LogP contribution in [0.4, 0.5) is 5.69 Å². The molecule has 1 aromatic heterocycles. The maximum Gasteiger partial charge on any atom is 0.289 e. The van der Waals surface area contributed by atoms with E-state index in [1.165, 1.54) is 6.26 Å². The van der Waals surface area contributed by atoms with E-state index >= 15 is 0 Å². The summed E-state index contributed by atoms with van der Waals surface area (Å²) in [6.45, 7) is 4.11. The molecule has 1 fully saturated rings. The number of hydrogen-bond acceptors (Lipinski definition) is 4. The van der Waals surface area contributed by atoms with Gasteiger partial charge in [0.15, 0.2) is 5.76 Å². The van der Waals surface area contributed by atoms with Crippen molar-refractivity contribution in [1.29, 1.82) is 0 Å². The van der Waals surface area contributed by atoms with E-state index in [9.17, 15) is 9.59 Å². The first-order valence-corrected chi connectivity index (χ1v) is 9.04. The summed E-state index contributed by atoms with van der Waals surface area (Å²) in [6.07, 6.45) is 1.48.